The second-order valence-electron chi connectivity index (χ2n) is 8.60. The van der Waals surface area contributed by atoms with E-state index in [2.05, 4.69) is 4.57 Å². The van der Waals surface area contributed by atoms with Crippen molar-refractivity contribution in [2.24, 2.45) is 0 Å². The highest BCUT2D eigenvalue weighted by atomic mass is 16.5. The lowest BCUT2D eigenvalue weighted by Crippen LogP contribution is -2.30. The van der Waals surface area contributed by atoms with Gasteiger partial charge in [0.25, 0.3) is 11.8 Å². The summed E-state index contributed by atoms with van der Waals surface area (Å²) in [5.74, 6) is -0.175. The molecule has 0 bridgehead atoms. The Morgan fingerprint density at radius 1 is 1.03 bits per heavy atom. The maximum Gasteiger partial charge on any atom is 0.340 e. The Bertz CT molecular complexity index is 1240. The standard InChI is InChI=1S/C26H26N2O5/c1-16-23(21-15-18(32-2)11-12-22(21)28(16)17-9-10-17)26(31)33-14-6-5-13-27-24(29)19-7-3-4-8-20(19)25(27)30/h3-4,7-8,11-12,15,17H,5-6,9-10,13-14H2,1-2H3. The first-order valence-electron chi connectivity index (χ1n) is 11.3. The van der Waals surface area contributed by atoms with Gasteiger partial charge >= 0.3 is 5.97 Å². The number of ether oxygens (including phenoxy) is 2. The number of nitrogens with zero attached hydrogens (tertiary/aromatic N) is 2. The third-order valence-corrected chi connectivity index (χ3v) is 6.46. The molecule has 33 heavy (non-hydrogen) atoms. The van der Waals surface area contributed by atoms with Gasteiger partial charge in [-0.15, -0.1) is 0 Å². The number of unbranched alkanes of at least 4 members (excludes halogenated alkanes) is 1. The van der Waals surface area contributed by atoms with E-state index in [0.29, 0.717) is 47.9 Å². The van der Waals surface area contributed by atoms with E-state index in [1.165, 1.54) is 4.90 Å². The van der Waals surface area contributed by atoms with Crippen LogP contribution in [0.25, 0.3) is 10.9 Å². The van der Waals surface area contributed by atoms with E-state index >= 15 is 0 Å². The minimum Gasteiger partial charge on any atom is -0.497 e. The summed E-state index contributed by atoms with van der Waals surface area (Å²) in [5, 5.41) is 0.842. The molecule has 0 spiro atoms. The van der Waals surface area contributed by atoms with Crippen molar-refractivity contribution in [1.29, 1.82) is 0 Å². The van der Waals surface area contributed by atoms with Crippen LogP contribution in [0, 0.1) is 6.92 Å². The average molecular weight is 447 g/mol. The summed E-state index contributed by atoms with van der Waals surface area (Å²) in [5.41, 5.74) is 3.42. The molecule has 1 saturated carbocycles. The molecular formula is C26H26N2O5. The Kier molecular flexibility index (Phi) is 5.40. The Labute approximate surface area is 191 Å². The summed E-state index contributed by atoms with van der Waals surface area (Å²) in [6.45, 7) is 2.49. The lowest BCUT2D eigenvalue weighted by atomic mass is 10.1. The van der Waals surface area contributed by atoms with Gasteiger partial charge in [-0.1, -0.05) is 12.1 Å². The molecular weight excluding hydrogens is 420 g/mol. The number of fused-ring (bicyclic) bond motifs is 2. The molecule has 2 aliphatic rings. The van der Waals surface area contributed by atoms with Crippen LogP contribution >= 0.6 is 0 Å². The number of carbonyl (C=O) groups excluding carboxylic acids is 3. The quantitative estimate of drug-likeness (QED) is 0.289. The number of amides is 2. The largest absolute Gasteiger partial charge is 0.497 e. The number of aromatic nitrogens is 1. The topological polar surface area (TPSA) is 77.8 Å². The molecule has 1 fully saturated rings. The molecule has 7 nitrogen and oxygen atoms in total. The van der Waals surface area contributed by atoms with E-state index < -0.39 is 0 Å². The molecule has 0 N–H and O–H groups in total. The Hall–Kier alpha value is -3.61. The van der Waals surface area contributed by atoms with Crippen LogP contribution in [0.15, 0.2) is 42.5 Å². The van der Waals surface area contributed by atoms with Crippen molar-refractivity contribution in [1.82, 2.24) is 9.47 Å². The van der Waals surface area contributed by atoms with Crippen LogP contribution in [-0.2, 0) is 4.74 Å². The molecule has 2 amide bonds. The van der Waals surface area contributed by atoms with Gasteiger partial charge in [-0.2, -0.15) is 0 Å². The van der Waals surface area contributed by atoms with Crippen molar-refractivity contribution < 1.29 is 23.9 Å². The van der Waals surface area contributed by atoms with Gasteiger partial charge in [0.1, 0.15) is 5.75 Å². The van der Waals surface area contributed by atoms with Crippen LogP contribution in [-0.4, -0.2) is 47.5 Å². The fraction of sp³-hybridized carbons (Fsp3) is 0.346. The van der Waals surface area contributed by atoms with E-state index in [-0.39, 0.29) is 24.4 Å². The number of methoxy groups -OCH3 is 1. The molecule has 2 aromatic carbocycles. The number of imide groups is 1. The summed E-state index contributed by atoms with van der Waals surface area (Å²) in [6, 6.07) is 13.1. The molecule has 3 aromatic rings. The number of rotatable bonds is 8. The average Bonchev–Trinajstić information content (AvgIpc) is 3.58. The van der Waals surface area contributed by atoms with Crippen molar-refractivity contribution in [3.63, 3.8) is 0 Å². The molecule has 1 aliphatic heterocycles. The van der Waals surface area contributed by atoms with E-state index in [4.69, 9.17) is 9.47 Å². The molecule has 0 unspecified atom stereocenters. The first-order valence-corrected chi connectivity index (χ1v) is 11.3. The number of hydrogen-bond donors (Lipinski definition) is 0. The molecule has 0 radical (unpaired) electrons. The molecule has 0 saturated heterocycles. The first-order chi connectivity index (χ1) is 16.0. The van der Waals surface area contributed by atoms with Crippen molar-refractivity contribution in [2.45, 2.75) is 38.6 Å². The molecule has 1 aromatic heterocycles. The molecule has 170 valence electrons. The SMILES string of the molecule is COc1ccc2c(c1)c(C(=O)OCCCCN1C(=O)c3ccccc3C1=O)c(C)n2C1CC1. The van der Waals surface area contributed by atoms with Gasteiger partial charge in [0.15, 0.2) is 0 Å². The van der Waals surface area contributed by atoms with Crippen LogP contribution in [0.2, 0.25) is 0 Å². The zero-order valence-electron chi connectivity index (χ0n) is 18.8. The highest BCUT2D eigenvalue weighted by Crippen LogP contribution is 2.42. The maximum absolute atomic E-state index is 13.0. The van der Waals surface area contributed by atoms with Crippen LogP contribution in [0.5, 0.6) is 5.75 Å². The summed E-state index contributed by atoms with van der Waals surface area (Å²) >= 11 is 0. The van der Waals surface area contributed by atoms with Crippen LogP contribution in [0.1, 0.15) is 68.5 Å². The lowest BCUT2D eigenvalue weighted by Gasteiger charge is -2.13. The second-order valence-corrected chi connectivity index (χ2v) is 8.60. The van der Waals surface area contributed by atoms with Crippen molar-refractivity contribution in [3.05, 3.63) is 64.8 Å². The van der Waals surface area contributed by atoms with Crippen LogP contribution in [0.3, 0.4) is 0 Å². The van der Waals surface area contributed by atoms with Crippen LogP contribution in [0.4, 0.5) is 0 Å². The monoisotopic (exact) mass is 446 g/mol. The minimum absolute atomic E-state index is 0.224. The van der Waals surface area contributed by atoms with Gasteiger partial charge < -0.3 is 14.0 Å². The normalized spacial score (nSPS) is 15.3. The third kappa shape index (κ3) is 3.67. The highest BCUT2D eigenvalue weighted by molar-refractivity contribution is 6.21. The van der Waals surface area contributed by atoms with E-state index in [0.717, 1.165) is 29.4 Å². The van der Waals surface area contributed by atoms with Gasteiger partial charge in [-0.3, -0.25) is 14.5 Å². The zero-order chi connectivity index (χ0) is 23.1. The maximum atomic E-state index is 13.0. The fourth-order valence-electron chi connectivity index (χ4n) is 4.66. The molecule has 2 heterocycles. The van der Waals surface area contributed by atoms with Gasteiger partial charge in [0, 0.05) is 29.2 Å². The Morgan fingerprint density at radius 3 is 2.36 bits per heavy atom. The number of hydrogen-bond acceptors (Lipinski definition) is 5. The van der Waals surface area contributed by atoms with Gasteiger partial charge in [0.2, 0.25) is 0 Å². The van der Waals surface area contributed by atoms with Crippen molar-refractivity contribution in [3.8, 4) is 5.75 Å². The third-order valence-electron chi connectivity index (χ3n) is 6.46. The zero-order valence-corrected chi connectivity index (χ0v) is 18.8. The molecule has 5 rings (SSSR count). The predicted molar refractivity (Wildman–Crippen MR) is 123 cm³/mol. The number of esters is 1. The minimum atomic E-state index is -0.356. The van der Waals surface area contributed by atoms with Crippen molar-refractivity contribution in [2.75, 3.05) is 20.3 Å². The Morgan fingerprint density at radius 2 is 1.73 bits per heavy atom. The summed E-state index contributed by atoms with van der Waals surface area (Å²) < 4.78 is 13.2. The van der Waals surface area contributed by atoms with Gasteiger partial charge in [-0.25, -0.2) is 4.79 Å². The first kappa shape index (κ1) is 21.2. The molecule has 7 heteroatoms. The van der Waals surface area contributed by atoms with Crippen molar-refractivity contribution >= 4 is 28.7 Å². The number of benzene rings is 2. The summed E-state index contributed by atoms with van der Waals surface area (Å²) in [4.78, 5) is 39.2. The highest BCUT2D eigenvalue weighted by Gasteiger charge is 2.34. The lowest BCUT2D eigenvalue weighted by molar-refractivity contribution is 0.0486. The molecule has 1 aliphatic carbocycles. The van der Waals surface area contributed by atoms with Crippen LogP contribution < -0.4 is 4.74 Å². The second kappa shape index (κ2) is 8.39. The van der Waals surface area contributed by atoms with E-state index in [1.54, 1.807) is 31.4 Å². The van der Waals surface area contributed by atoms with E-state index in [1.807, 2.05) is 25.1 Å². The van der Waals surface area contributed by atoms with E-state index in [9.17, 15) is 14.4 Å². The fourth-order valence-corrected chi connectivity index (χ4v) is 4.66. The summed E-state index contributed by atoms with van der Waals surface area (Å²) in [7, 11) is 1.61. The summed E-state index contributed by atoms with van der Waals surface area (Å²) in [6.07, 6.45) is 3.35. The smallest absolute Gasteiger partial charge is 0.340 e. The van der Waals surface area contributed by atoms with Gasteiger partial charge in [-0.05, 0) is 62.9 Å². The molecule has 0 atom stereocenters. The number of carbonyl (C=O) groups is 3. The predicted octanol–water partition coefficient (Wildman–Crippen LogP) is 4.53. The van der Waals surface area contributed by atoms with Gasteiger partial charge in [0.05, 0.1) is 30.4 Å². The Balaban J connectivity index is 1.22.